The van der Waals surface area contributed by atoms with Crippen molar-refractivity contribution in [2.45, 2.75) is 32.7 Å². The Labute approximate surface area is 278 Å². The summed E-state index contributed by atoms with van der Waals surface area (Å²) in [6.07, 6.45) is 0.337. The molecule has 3 aromatic rings. The number of urea groups is 1. The molecule has 2 amide bonds. The lowest BCUT2D eigenvalue weighted by molar-refractivity contribution is -0.136. The third kappa shape index (κ3) is 9.04. The van der Waals surface area contributed by atoms with E-state index in [1.54, 1.807) is 43.3 Å². The molecule has 1 heterocycles. The first-order chi connectivity index (χ1) is 21.6. The van der Waals surface area contributed by atoms with Crippen molar-refractivity contribution in [3.05, 3.63) is 97.1 Å². The van der Waals surface area contributed by atoms with E-state index in [1.165, 1.54) is 13.3 Å². The van der Waals surface area contributed by atoms with Gasteiger partial charge in [0.05, 0.1) is 41.6 Å². The average Bonchev–Trinajstić information content (AvgIpc) is 3.01. The molecule has 1 aliphatic heterocycles. The van der Waals surface area contributed by atoms with Crippen molar-refractivity contribution in [1.29, 1.82) is 0 Å². The number of hydrogen-bond donors (Lipinski definition) is 4. The van der Waals surface area contributed by atoms with Gasteiger partial charge < -0.3 is 34.7 Å². The van der Waals surface area contributed by atoms with E-state index in [4.69, 9.17) is 42.1 Å². The lowest BCUT2D eigenvalue weighted by Gasteiger charge is -2.28. The van der Waals surface area contributed by atoms with E-state index in [0.717, 1.165) is 10.0 Å². The fourth-order valence-corrected chi connectivity index (χ4v) is 5.06. The van der Waals surface area contributed by atoms with Gasteiger partial charge in [-0.3, -0.25) is 5.43 Å². The molecule has 0 aliphatic carbocycles. The molecular weight excluding hydrogens is 691 g/mol. The van der Waals surface area contributed by atoms with Crippen LogP contribution in [0.3, 0.4) is 0 Å². The fourth-order valence-electron chi connectivity index (χ4n) is 4.36. The van der Waals surface area contributed by atoms with Crippen LogP contribution >= 0.6 is 39.1 Å². The highest BCUT2D eigenvalue weighted by Gasteiger charge is 2.32. The zero-order chi connectivity index (χ0) is 32.5. The van der Waals surface area contributed by atoms with Crippen LogP contribution in [-0.2, 0) is 16.1 Å². The third-order valence-corrected chi connectivity index (χ3v) is 7.68. The molecule has 1 aliphatic rings. The van der Waals surface area contributed by atoms with Crippen LogP contribution in [0.5, 0.6) is 17.2 Å². The summed E-state index contributed by atoms with van der Waals surface area (Å²) in [4.78, 5) is 24.6. The van der Waals surface area contributed by atoms with Crippen LogP contribution in [0.2, 0.25) is 10.0 Å². The van der Waals surface area contributed by atoms with Crippen LogP contribution in [0.4, 0.5) is 4.79 Å². The van der Waals surface area contributed by atoms with E-state index in [0.29, 0.717) is 50.7 Å². The quantitative estimate of drug-likeness (QED) is 0.0746. The molecule has 0 bridgehead atoms. The van der Waals surface area contributed by atoms with Crippen molar-refractivity contribution in [1.82, 2.24) is 16.1 Å². The molecule has 0 aromatic heterocycles. The van der Waals surface area contributed by atoms with Crippen molar-refractivity contribution in [3.8, 4) is 17.2 Å². The average molecular weight is 722 g/mol. The van der Waals surface area contributed by atoms with Crippen LogP contribution in [0, 0.1) is 0 Å². The molecule has 0 unspecified atom stereocenters. The highest BCUT2D eigenvalue weighted by Crippen LogP contribution is 2.35. The van der Waals surface area contributed by atoms with Gasteiger partial charge in [0.2, 0.25) is 0 Å². The highest BCUT2D eigenvalue weighted by atomic mass is 79.9. The molecule has 11 nitrogen and oxygen atoms in total. The number of ether oxygens (including phenoxy) is 4. The minimum absolute atomic E-state index is 0.174. The normalized spacial score (nSPS) is 15.3. The van der Waals surface area contributed by atoms with Gasteiger partial charge in [0.15, 0.2) is 17.7 Å². The topological polar surface area (TPSA) is 140 Å². The van der Waals surface area contributed by atoms with Gasteiger partial charge in [-0.2, -0.15) is 5.10 Å². The largest absolute Gasteiger partial charge is 0.490 e. The highest BCUT2D eigenvalue weighted by molar-refractivity contribution is 9.10. The first kappa shape index (κ1) is 33.9. The molecular formula is C31H31BrCl2N4O7. The van der Waals surface area contributed by atoms with Crippen molar-refractivity contribution >= 4 is 57.3 Å². The van der Waals surface area contributed by atoms with Crippen molar-refractivity contribution in [2.24, 2.45) is 5.10 Å². The van der Waals surface area contributed by atoms with Crippen LogP contribution in [0.1, 0.15) is 36.6 Å². The minimum atomic E-state index is -1.18. The Morgan fingerprint density at radius 2 is 1.84 bits per heavy atom. The van der Waals surface area contributed by atoms with Crippen LogP contribution < -0.4 is 30.3 Å². The molecule has 0 spiro atoms. The summed E-state index contributed by atoms with van der Waals surface area (Å²) in [5, 5.41) is 20.9. The number of rotatable bonds is 13. The number of carbonyl (C=O) groups excluding carboxylic acids is 2. The first-order valence-corrected chi connectivity index (χ1v) is 15.2. The van der Waals surface area contributed by atoms with Gasteiger partial charge in [-0.15, -0.1) is 0 Å². The van der Waals surface area contributed by atoms with E-state index in [2.05, 4.69) is 37.1 Å². The number of allylic oxidation sites excluding steroid dienone is 1. The zero-order valence-corrected chi connectivity index (χ0v) is 27.6. The maximum atomic E-state index is 12.5. The number of halogens is 3. The smallest absolute Gasteiger partial charge is 0.337 e. The zero-order valence-electron chi connectivity index (χ0n) is 24.5. The molecule has 0 radical (unpaired) electrons. The molecule has 0 saturated heterocycles. The number of carbonyl (C=O) groups is 2. The number of nitrogens with zero attached hydrogens (tertiary/aromatic N) is 1. The Hall–Kier alpha value is -3.97. The fraction of sp³-hybridized carbons (Fsp3) is 0.258. The molecule has 4 rings (SSSR count). The molecule has 0 fully saturated rings. The van der Waals surface area contributed by atoms with E-state index in [-0.39, 0.29) is 18.8 Å². The van der Waals surface area contributed by atoms with E-state index < -0.39 is 24.3 Å². The first-order valence-electron chi connectivity index (χ1n) is 13.7. The molecule has 2 atom stereocenters. The number of nitrogens with one attached hydrogen (secondary N) is 3. The summed E-state index contributed by atoms with van der Waals surface area (Å²) < 4.78 is 23.3. The minimum Gasteiger partial charge on any atom is -0.490 e. The SMILES string of the molecule is CCOc1cc([C@H]2NC(=O)NC(C)=C2C(=O)OC)ccc1OC[C@H](O)N/N=C\c1cc(Br)ccc1OCc1ccc(Cl)c(Cl)c1. The predicted molar refractivity (Wildman–Crippen MR) is 174 cm³/mol. The lowest BCUT2D eigenvalue weighted by atomic mass is 9.95. The summed E-state index contributed by atoms with van der Waals surface area (Å²) >= 11 is 15.6. The van der Waals surface area contributed by atoms with Crippen molar-refractivity contribution < 1.29 is 33.6 Å². The molecule has 0 saturated carbocycles. The molecule has 45 heavy (non-hydrogen) atoms. The second-order valence-corrected chi connectivity index (χ2v) is 11.4. The van der Waals surface area contributed by atoms with Gasteiger partial charge in [-0.05, 0) is 67.4 Å². The number of hydrogen-bond acceptors (Lipinski definition) is 9. The lowest BCUT2D eigenvalue weighted by Crippen LogP contribution is -2.45. The van der Waals surface area contributed by atoms with Crippen molar-refractivity contribution in [3.63, 3.8) is 0 Å². The van der Waals surface area contributed by atoms with Gasteiger partial charge >= 0.3 is 12.0 Å². The Bertz CT molecular complexity index is 1620. The molecule has 3 aromatic carbocycles. The molecule has 238 valence electrons. The Kier molecular flexibility index (Phi) is 11.9. The van der Waals surface area contributed by atoms with E-state index >= 15 is 0 Å². The van der Waals surface area contributed by atoms with Gasteiger partial charge in [0.25, 0.3) is 0 Å². The predicted octanol–water partition coefficient (Wildman–Crippen LogP) is 5.86. The van der Waals surface area contributed by atoms with E-state index in [9.17, 15) is 14.7 Å². The second-order valence-electron chi connectivity index (χ2n) is 9.63. The number of amides is 2. The number of aliphatic hydroxyl groups excluding tert-OH is 1. The number of esters is 1. The van der Waals surface area contributed by atoms with Crippen molar-refractivity contribution in [2.75, 3.05) is 20.3 Å². The molecule has 14 heteroatoms. The standard InChI is InChI=1S/C31H31BrCl2N4O7/c1-4-43-26-13-19(29-28(30(40)42-3)17(2)36-31(41)37-29)6-9-25(26)45-16-27(39)38-35-14-20-12-21(32)7-10-24(20)44-15-18-5-8-22(33)23(34)11-18/h5-14,27,29,38-39H,4,15-16H2,1-3H3,(H2,36,37,41)/b35-14-/t27-,29+/m0/s1. The Balaban J connectivity index is 1.40. The number of methoxy groups -OCH3 is 1. The second kappa shape index (κ2) is 15.8. The van der Waals surface area contributed by atoms with Crippen LogP contribution in [-0.4, -0.2) is 49.9 Å². The summed E-state index contributed by atoms with van der Waals surface area (Å²) in [6.45, 7) is 3.84. The number of hydrazone groups is 1. The molecule has 4 N–H and O–H groups in total. The Morgan fingerprint density at radius 3 is 2.58 bits per heavy atom. The van der Waals surface area contributed by atoms with Gasteiger partial charge in [0, 0.05) is 15.7 Å². The van der Waals surface area contributed by atoms with Crippen LogP contribution in [0.25, 0.3) is 0 Å². The van der Waals surface area contributed by atoms with Crippen LogP contribution in [0.15, 0.2) is 75.4 Å². The maximum absolute atomic E-state index is 12.5. The maximum Gasteiger partial charge on any atom is 0.337 e. The summed E-state index contributed by atoms with van der Waals surface area (Å²) in [5.41, 5.74) is 5.35. The number of benzene rings is 3. The summed E-state index contributed by atoms with van der Waals surface area (Å²) in [7, 11) is 1.27. The van der Waals surface area contributed by atoms with Gasteiger partial charge in [-0.25, -0.2) is 9.59 Å². The van der Waals surface area contributed by atoms with Gasteiger partial charge in [0.1, 0.15) is 19.0 Å². The summed E-state index contributed by atoms with van der Waals surface area (Å²) in [5.74, 6) is 0.688. The monoisotopic (exact) mass is 720 g/mol. The van der Waals surface area contributed by atoms with Gasteiger partial charge in [-0.1, -0.05) is 51.3 Å². The third-order valence-electron chi connectivity index (χ3n) is 6.45. The van der Waals surface area contributed by atoms with E-state index in [1.807, 2.05) is 25.1 Å². The Morgan fingerprint density at radius 1 is 1.07 bits per heavy atom. The summed E-state index contributed by atoms with van der Waals surface area (Å²) in [6, 6.07) is 14.5. The number of aliphatic hydroxyl groups is 1.